The molecule has 2 aromatic carbocycles. The molecule has 5 nitrogen and oxygen atoms in total. The van der Waals surface area contributed by atoms with E-state index in [0.717, 1.165) is 16.3 Å². The van der Waals surface area contributed by atoms with Gasteiger partial charge in [-0.25, -0.2) is 0 Å². The predicted molar refractivity (Wildman–Crippen MR) is 90.5 cm³/mol. The molecule has 1 N–H and O–H groups in total. The third-order valence-electron chi connectivity index (χ3n) is 3.72. The van der Waals surface area contributed by atoms with Crippen molar-refractivity contribution in [2.24, 2.45) is 0 Å². The highest BCUT2D eigenvalue weighted by atomic mass is 16.5. The molecule has 5 heteroatoms. The lowest BCUT2D eigenvalue weighted by Crippen LogP contribution is -2.27. The first kappa shape index (κ1) is 16.8. The molecule has 0 fully saturated rings. The Labute approximate surface area is 136 Å². The summed E-state index contributed by atoms with van der Waals surface area (Å²) < 4.78 is 5.67. The van der Waals surface area contributed by atoms with Crippen molar-refractivity contribution in [3.63, 3.8) is 0 Å². The topological polar surface area (TPSA) is 58.6 Å². The minimum absolute atomic E-state index is 0.00851. The molecule has 0 aliphatic rings. The second-order valence-electron chi connectivity index (χ2n) is 5.52. The number of rotatable bonds is 6. The molecule has 0 unspecified atom stereocenters. The maximum Gasteiger partial charge on any atom is 0.259 e. The van der Waals surface area contributed by atoms with Crippen LogP contribution < -0.4 is 10.1 Å². The summed E-state index contributed by atoms with van der Waals surface area (Å²) in [6, 6.07) is 11.7. The Balaban J connectivity index is 2.24. The van der Waals surface area contributed by atoms with Gasteiger partial charge in [0.15, 0.2) is 6.61 Å². The minimum Gasteiger partial charge on any atom is -0.483 e. The second-order valence-corrected chi connectivity index (χ2v) is 5.52. The Kier molecular flexibility index (Phi) is 5.57. The molecule has 23 heavy (non-hydrogen) atoms. The molecule has 0 atom stereocenters. The number of aryl methyl sites for hydroxylation is 1. The van der Waals surface area contributed by atoms with Crippen molar-refractivity contribution in [3.8, 4) is 5.75 Å². The summed E-state index contributed by atoms with van der Waals surface area (Å²) in [4.78, 5) is 24.6. The van der Waals surface area contributed by atoms with Crippen molar-refractivity contribution < 1.29 is 14.3 Å². The van der Waals surface area contributed by atoms with Crippen molar-refractivity contribution in [3.05, 3.63) is 42.0 Å². The molecule has 0 radical (unpaired) electrons. The van der Waals surface area contributed by atoms with Gasteiger partial charge < -0.3 is 15.0 Å². The number of likely N-dealkylation sites (N-methyl/N-ethyl adjacent to an activating group) is 1. The van der Waals surface area contributed by atoms with E-state index in [0.29, 0.717) is 18.6 Å². The molecular weight excluding hydrogens is 292 g/mol. The fraction of sp³-hybridized carbons (Fsp3) is 0.333. The van der Waals surface area contributed by atoms with Crippen molar-refractivity contribution in [2.45, 2.75) is 12.8 Å². The van der Waals surface area contributed by atoms with Gasteiger partial charge in [-0.1, -0.05) is 30.3 Å². The number of nitrogens with zero attached hydrogens (tertiary/aromatic N) is 1. The summed E-state index contributed by atoms with van der Waals surface area (Å²) in [5, 5.41) is 4.63. The van der Waals surface area contributed by atoms with Gasteiger partial charge >= 0.3 is 0 Å². The third-order valence-corrected chi connectivity index (χ3v) is 3.72. The van der Waals surface area contributed by atoms with E-state index in [1.807, 2.05) is 36.4 Å². The van der Waals surface area contributed by atoms with Crippen molar-refractivity contribution in [2.75, 3.05) is 27.7 Å². The SMILES string of the molecule is CNC(=O)CCc1cccc2c(OCC(=O)N(C)C)cccc12. The number of ether oxygens (including phenoxy) is 1. The van der Waals surface area contributed by atoms with E-state index in [1.165, 1.54) is 4.90 Å². The van der Waals surface area contributed by atoms with Gasteiger partial charge in [0.25, 0.3) is 5.91 Å². The van der Waals surface area contributed by atoms with Gasteiger partial charge in [-0.3, -0.25) is 9.59 Å². The number of hydrogen-bond donors (Lipinski definition) is 1. The van der Waals surface area contributed by atoms with Crippen LogP contribution in [-0.4, -0.2) is 44.5 Å². The van der Waals surface area contributed by atoms with Crippen LogP contribution in [0, 0.1) is 0 Å². The summed E-state index contributed by atoms with van der Waals surface area (Å²) in [6.07, 6.45) is 1.11. The highest BCUT2D eigenvalue weighted by Gasteiger charge is 2.10. The first-order valence-corrected chi connectivity index (χ1v) is 7.57. The van der Waals surface area contributed by atoms with Gasteiger partial charge in [0.2, 0.25) is 5.91 Å². The molecule has 2 rings (SSSR count). The maximum absolute atomic E-state index is 11.7. The fourth-order valence-electron chi connectivity index (χ4n) is 2.33. The van der Waals surface area contributed by atoms with Crippen LogP contribution in [0.2, 0.25) is 0 Å². The Hall–Kier alpha value is -2.56. The lowest BCUT2D eigenvalue weighted by Gasteiger charge is -2.14. The molecule has 122 valence electrons. The first-order chi connectivity index (χ1) is 11.0. The van der Waals surface area contributed by atoms with E-state index in [-0.39, 0.29) is 18.4 Å². The quantitative estimate of drug-likeness (QED) is 0.887. The predicted octanol–water partition coefficient (Wildman–Crippen LogP) is 1.99. The molecule has 0 aliphatic carbocycles. The highest BCUT2D eigenvalue weighted by molar-refractivity contribution is 5.91. The van der Waals surface area contributed by atoms with E-state index in [9.17, 15) is 9.59 Å². The Bertz CT molecular complexity index is 710. The number of carbonyl (C=O) groups is 2. The summed E-state index contributed by atoms with van der Waals surface area (Å²) >= 11 is 0. The van der Waals surface area contributed by atoms with Crippen molar-refractivity contribution >= 4 is 22.6 Å². The van der Waals surface area contributed by atoms with Gasteiger partial charge in [0.1, 0.15) is 5.75 Å². The smallest absolute Gasteiger partial charge is 0.259 e. The maximum atomic E-state index is 11.7. The third kappa shape index (κ3) is 4.22. The monoisotopic (exact) mass is 314 g/mol. The van der Waals surface area contributed by atoms with E-state index in [4.69, 9.17) is 4.74 Å². The van der Waals surface area contributed by atoms with Gasteiger partial charge in [-0.05, 0) is 23.4 Å². The lowest BCUT2D eigenvalue weighted by molar-refractivity contribution is -0.130. The van der Waals surface area contributed by atoms with Crippen LogP contribution >= 0.6 is 0 Å². The first-order valence-electron chi connectivity index (χ1n) is 7.57. The minimum atomic E-state index is -0.0854. The molecule has 2 amide bonds. The summed E-state index contributed by atoms with van der Waals surface area (Å²) in [6.45, 7) is 0.00851. The van der Waals surface area contributed by atoms with E-state index in [2.05, 4.69) is 5.32 Å². The molecular formula is C18H22N2O3. The van der Waals surface area contributed by atoms with Crippen LogP contribution in [0.5, 0.6) is 5.75 Å². The summed E-state index contributed by atoms with van der Waals surface area (Å²) in [5.41, 5.74) is 1.09. The van der Waals surface area contributed by atoms with E-state index >= 15 is 0 Å². The van der Waals surface area contributed by atoms with E-state index < -0.39 is 0 Å². The average Bonchev–Trinajstić information content (AvgIpc) is 2.57. The van der Waals surface area contributed by atoms with Gasteiger partial charge in [-0.2, -0.15) is 0 Å². The van der Waals surface area contributed by atoms with Gasteiger partial charge in [0.05, 0.1) is 0 Å². The summed E-state index contributed by atoms with van der Waals surface area (Å²) in [7, 11) is 5.04. The van der Waals surface area contributed by atoms with Gasteiger partial charge in [-0.15, -0.1) is 0 Å². The lowest BCUT2D eigenvalue weighted by atomic mass is 10.00. The normalized spacial score (nSPS) is 10.4. The molecule has 0 spiro atoms. The average molecular weight is 314 g/mol. The second kappa shape index (κ2) is 7.63. The van der Waals surface area contributed by atoms with E-state index in [1.54, 1.807) is 21.1 Å². The standard InChI is InChI=1S/C18H22N2O3/c1-19-17(21)11-10-13-6-4-8-15-14(13)7-5-9-16(15)23-12-18(22)20(2)3/h4-9H,10-12H2,1-3H3,(H,19,21). The van der Waals surface area contributed by atoms with Crippen LogP contribution in [0.15, 0.2) is 36.4 Å². The van der Waals surface area contributed by atoms with Gasteiger partial charge in [0, 0.05) is 33.0 Å². The number of amides is 2. The number of fused-ring (bicyclic) bond motifs is 1. The molecule has 0 aliphatic heterocycles. The van der Waals surface area contributed by atoms with Crippen molar-refractivity contribution in [1.82, 2.24) is 10.2 Å². The van der Waals surface area contributed by atoms with Crippen LogP contribution in [0.3, 0.4) is 0 Å². The molecule has 0 heterocycles. The van der Waals surface area contributed by atoms with Crippen LogP contribution in [-0.2, 0) is 16.0 Å². The number of carbonyl (C=O) groups excluding carboxylic acids is 2. The fourth-order valence-corrected chi connectivity index (χ4v) is 2.33. The Morgan fingerprint density at radius 3 is 2.48 bits per heavy atom. The largest absolute Gasteiger partial charge is 0.483 e. The Morgan fingerprint density at radius 1 is 1.09 bits per heavy atom. The Morgan fingerprint density at radius 2 is 1.78 bits per heavy atom. The zero-order valence-corrected chi connectivity index (χ0v) is 13.8. The van der Waals surface area contributed by atoms with Crippen LogP contribution in [0.25, 0.3) is 10.8 Å². The molecule has 2 aromatic rings. The van der Waals surface area contributed by atoms with Crippen LogP contribution in [0.1, 0.15) is 12.0 Å². The molecule has 0 aromatic heterocycles. The van der Waals surface area contributed by atoms with Crippen LogP contribution in [0.4, 0.5) is 0 Å². The molecule has 0 saturated heterocycles. The number of nitrogens with one attached hydrogen (secondary N) is 1. The highest BCUT2D eigenvalue weighted by Crippen LogP contribution is 2.28. The van der Waals surface area contributed by atoms with Crippen molar-refractivity contribution in [1.29, 1.82) is 0 Å². The molecule has 0 saturated carbocycles. The zero-order chi connectivity index (χ0) is 16.8. The molecule has 0 bridgehead atoms. The summed E-state index contributed by atoms with van der Waals surface area (Å²) in [5.74, 6) is 0.614. The number of hydrogen-bond acceptors (Lipinski definition) is 3. The number of benzene rings is 2. The zero-order valence-electron chi connectivity index (χ0n) is 13.8.